The molecule has 0 bridgehead atoms. The maximum absolute atomic E-state index is 14.6. The number of amides is 1. The molecule has 1 amide bonds. The number of nitrogens with one attached hydrogen (secondary N) is 1. The number of nitrogens with zero attached hydrogens (tertiary/aromatic N) is 1. The SMILES string of the molecule is CCCCCCCOc1cccc(CNC(=O)c2ccc(COC)nc2N)c1F. The van der Waals surface area contributed by atoms with Crippen LogP contribution in [0.5, 0.6) is 5.75 Å². The summed E-state index contributed by atoms with van der Waals surface area (Å²) in [6, 6.07) is 8.19. The van der Waals surface area contributed by atoms with Crippen molar-refractivity contribution in [3.8, 4) is 5.75 Å². The number of nitrogen functional groups attached to an aromatic ring is 1. The average Bonchev–Trinajstić information content (AvgIpc) is 2.71. The van der Waals surface area contributed by atoms with Crippen molar-refractivity contribution in [2.75, 3.05) is 19.5 Å². The lowest BCUT2D eigenvalue weighted by Crippen LogP contribution is -2.25. The zero-order valence-corrected chi connectivity index (χ0v) is 17.2. The van der Waals surface area contributed by atoms with E-state index in [9.17, 15) is 9.18 Å². The fraction of sp³-hybridized carbons (Fsp3) is 0.455. The van der Waals surface area contributed by atoms with Crippen molar-refractivity contribution >= 4 is 11.7 Å². The van der Waals surface area contributed by atoms with E-state index in [-0.39, 0.29) is 23.7 Å². The number of ether oxygens (including phenoxy) is 2. The monoisotopic (exact) mass is 403 g/mol. The van der Waals surface area contributed by atoms with Crippen LogP contribution in [0.1, 0.15) is 60.6 Å². The van der Waals surface area contributed by atoms with Crippen molar-refractivity contribution in [2.45, 2.75) is 52.2 Å². The van der Waals surface area contributed by atoms with Gasteiger partial charge < -0.3 is 20.5 Å². The minimum atomic E-state index is -0.456. The Hall–Kier alpha value is -2.67. The van der Waals surface area contributed by atoms with E-state index in [2.05, 4.69) is 17.2 Å². The number of unbranched alkanes of at least 4 members (excludes halogenated alkanes) is 4. The summed E-state index contributed by atoms with van der Waals surface area (Å²) < 4.78 is 25.2. The van der Waals surface area contributed by atoms with E-state index >= 15 is 0 Å². The third-order valence-electron chi connectivity index (χ3n) is 4.51. The molecule has 0 saturated carbocycles. The number of benzene rings is 1. The van der Waals surface area contributed by atoms with Gasteiger partial charge in [-0.25, -0.2) is 9.37 Å². The standard InChI is InChI=1S/C22H30FN3O3/c1-3-4-5-6-7-13-29-19-10-8-9-16(20(19)23)14-25-22(27)18-12-11-17(15-28-2)26-21(18)24/h8-12H,3-7,13-15H2,1-2H3,(H2,24,26)(H,25,27). The summed E-state index contributed by atoms with van der Waals surface area (Å²) in [6.45, 7) is 2.98. The highest BCUT2D eigenvalue weighted by Gasteiger charge is 2.14. The van der Waals surface area contributed by atoms with Crippen LogP contribution in [0.3, 0.4) is 0 Å². The molecule has 0 fully saturated rings. The van der Waals surface area contributed by atoms with Gasteiger partial charge in [-0.2, -0.15) is 0 Å². The average molecular weight is 403 g/mol. The molecule has 158 valence electrons. The van der Waals surface area contributed by atoms with E-state index in [1.165, 1.54) is 19.3 Å². The molecular formula is C22H30FN3O3. The molecule has 2 rings (SSSR count). The number of carbonyl (C=O) groups excluding carboxylic acids is 1. The molecule has 1 aromatic carbocycles. The molecular weight excluding hydrogens is 373 g/mol. The topological polar surface area (TPSA) is 86.5 Å². The normalized spacial score (nSPS) is 10.7. The summed E-state index contributed by atoms with van der Waals surface area (Å²) in [5.74, 6) is -0.557. The first-order valence-corrected chi connectivity index (χ1v) is 9.99. The largest absolute Gasteiger partial charge is 0.491 e. The molecule has 0 spiro atoms. The third kappa shape index (κ3) is 7.02. The van der Waals surface area contributed by atoms with Crippen molar-refractivity contribution in [1.82, 2.24) is 10.3 Å². The first-order valence-electron chi connectivity index (χ1n) is 9.99. The molecule has 1 aromatic heterocycles. The van der Waals surface area contributed by atoms with Crippen molar-refractivity contribution in [3.63, 3.8) is 0 Å². The molecule has 7 heteroatoms. The summed E-state index contributed by atoms with van der Waals surface area (Å²) in [4.78, 5) is 16.5. The number of hydrogen-bond donors (Lipinski definition) is 2. The van der Waals surface area contributed by atoms with Crippen LogP contribution in [0.25, 0.3) is 0 Å². The van der Waals surface area contributed by atoms with Gasteiger partial charge >= 0.3 is 0 Å². The Morgan fingerprint density at radius 2 is 1.97 bits per heavy atom. The maximum atomic E-state index is 14.6. The van der Waals surface area contributed by atoms with Crippen molar-refractivity contribution in [1.29, 1.82) is 0 Å². The van der Waals surface area contributed by atoms with Crippen LogP contribution in [0.15, 0.2) is 30.3 Å². The van der Waals surface area contributed by atoms with Crippen molar-refractivity contribution < 1.29 is 18.7 Å². The zero-order chi connectivity index (χ0) is 21.1. The number of pyridine rings is 1. The highest BCUT2D eigenvalue weighted by atomic mass is 19.1. The Balaban J connectivity index is 1.91. The van der Waals surface area contributed by atoms with Crippen LogP contribution in [0.2, 0.25) is 0 Å². The third-order valence-corrected chi connectivity index (χ3v) is 4.51. The molecule has 29 heavy (non-hydrogen) atoms. The predicted molar refractivity (Wildman–Crippen MR) is 111 cm³/mol. The van der Waals surface area contributed by atoms with E-state index in [1.807, 2.05) is 0 Å². The minimum Gasteiger partial charge on any atom is -0.491 e. The van der Waals surface area contributed by atoms with Crippen LogP contribution >= 0.6 is 0 Å². The van der Waals surface area contributed by atoms with Gasteiger partial charge in [0.2, 0.25) is 0 Å². The number of nitrogens with two attached hydrogens (primary N) is 1. The highest BCUT2D eigenvalue weighted by molar-refractivity contribution is 5.98. The Labute approximate surface area is 171 Å². The molecule has 3 N–H and O–H groups in total. The second kappa shape index (κ2) is 12.0. The van der Waals surface area contributed by atoms with Gasteiger partial charge in [0, 0.05) is 19.2 Å². The molecule has 0 aliphatic carbocycles. The van der Waals surface area contributed by atoms with Crippen LogP contribution < -0.4 is 15.8 Å². The quantitative estimate of drug-likeness (QED) is 0.518. The second-order valence-electron chi connectivity index (χ2n) is 6.84. The Kier molecular flexibility index (Phi) is 9.37. The molecule has 0 unspecified atom stereocenters. The number of halogens is 1. The van der Waals surface area contributed by atoms with Gasteiger partial charge in [-0.1, -0.05) is 44.7 Å². The van der Waals surface area contributed by atoms with Gasteiger partial charge in [0.1, 0.15) is 5.82 Å². The number of methoxy groups -OCH3 is 1. The number of anilines is 1. The predicted octanol–water partition coefficient (Wildman–Crippen LogP) is 4.23. The van der Waals surface area contributed by atoms with Crippen LogP contribution in [0.4, 0.5) is 10.2 Å². The highest BCUT2D eigenvalue weighted by Crippen LogP contribution is 2.21. The van der Waals surface area contributed by atoms with Crippen molar-refractivity contribution in [2.24, 2.45) is 0 Å². The van der Waals surface area contributed by atoms with E-state index in [0.717, 1.165) is 12.8 Å². The second-order valence-corrected chi connectivity index (χ2v) is 6.84. The molecule has 0 atom stereocenters. The molecule has 0 aliphatic rings. The van der Waals surface area contributed by atoms with Gasteiger partial charge in [0.05, 0.1) is 24.5 Å². The number of aromatic nitrogens is 1. The molecule has 0 radical (unpaired) electrons. The summed E-state index contributed by atoms with van der Waals surface area (Å²) in [5, 5.41) is 2.68. The fourth-order valence-corrected chi connectivity index (χ4v) is 2.90. The van der Waals surface area contributed by atoms with Gasteiger partial charge in [-0.3, -0.25) is 4.79 Å². The smallest absolute Gasteiger partial charge is 0.255 e. The zero-order valence-electron chi connectivity index (χ0n) is 17.2. The molecule has 0 aliphatic heterocycles. The first-order chi connectivity index (χ1) is 14.1. The molecule has 1 heterocycles. The van der Waals surface area contributed by atoms with E-state index in [4.69, 9.17) is 15.2 Å². The van der Waals surface area contributed by atoms with Crippen molar-refractivity contribution in [3.05, 3.63) is 53.0 Å². The summed E-state index contributed by atoms with van der Waals surface area (Å²) >= 11 is 0. The molecule has 0 saturated heterocycles. The van der Waals surface area contributed by atoms with Gasteiger partial charge in [0.25, 0.3) is 5.91 Å². The van der Waals surface area contributed by atoms with E-state index in [1.54, 1.807) is 37.4 Å². The summed E-state index contributed by atoms with van der Waals surface area (Å²) in [5.41, 5.74) is 7.08. The lowest BCUT2D eigenvalue weighted by molar-refractivity contribution is 0.0951. The van der Waals surface area contributed by atoms with E-state index in [0.29, 0.717) is 24.5 Å². The van der Waals surface area contributed by atoms with Crippen LogP contribution in [-0.2, 0) is 17.9 Å². The Morgan fingerprint density at radius 1 is 1.17 bits per heavy atom. The fourth-order valence-electron chi connectivity index (χ4n) is 2.90. The Bertz CT molecular complexity index is 799. The van der Waals surface area contributed by atoms with Crippen LogP contribution in [-0.4, -0.2) is 24.6 Å². The van der Waals surface area contributed by atoms with Gasteiger partial charge in [-0.15, -0.1) is 0 Å². The number of carbonyl (C=O) groups is 1. The molecule has 2 aromatic rings. The lowest BCUT2D eigenvalue weighted by Gasteiger charge is -2.12. The summed E-state index contributed by atoms with van der Waals surface area (Å²) in [7, 11) is 1.55. The molecule has 6 nitrogen and oxygen atoms in total. The lowest BCUT2D eigenvalue weighted by atomic mass is 10.1. The van der Waals surface area contributed by atoms with E-state index < -0.39 is 11.7 Å². The number of rotatable bonds is 12. The maximum Gasteiger partial charge on any atom is 0.255 e. The van der Waals surface area contributed by atoms with Crippen LogP contribution in [0, 0.1) is 5.82 Å². The number of hydrogen-bond acceptors (Lipinski definition) is 5. The minimum absolute atomic E-state index is 0.0254. The first kappa shape index (κ1) is 22.6. The summed E-state index contributed by atoms with van der Waals surface area (Å²) in [6.07, 6.45) is 5.52. The van der Waals surface area contributed by atoms with Gasteiger partial charge in [-0.05, 0) is 24.6 Å². The van der Waals surface area contributed by atoms with Gasteiger partial charge in [0.15, 0.2) is 11.6 Å². The Morgan fingerprint density at radius 3 is 2.69 bits per heavy atom.